The first kappa shape index (κ1) is 13.9. The van der Waals surface area contributed by atoms with Crippen molar-refractivity contribution in [1.82, 2.24) is 4.57 Å². The molecule has 0 radical (unpaired) electrons. The van der Waals surface area contributed by atoms with Crippen molar-refractivity contribution in [2.24, 2.45) is 7.05 Å². The molecule has 1 aliphatic carbocycles. The molecule has 1 N–H and O–H groups in total. The van der Waals surface area contributed by atoms with Crippen LogP contribution in [0.3, 0.4) is 0 Å². The lowest BCUT2D eigenvalue weighted by Gasteiger charge is -2.21. The molecule has 0 unspecified atom stereocenters. The van der Waals surface area contributed by atoms with E-state index in [1.54, 1.807) is 4.57 Å². The summed E-state index contributed by atoms with van der Waals surface area (Å²) in [5.41, 5.74) is 3.35. The lowest BCUT2D eigenvalue weighted by atomic mass is 9.82. The summed E-state index contributed by atoms with van der Waals surface area (Å²) in [6.45, 7) is 2.00. The zero-order valence-corrected chi connectivity index (χ0v) is 12.3. The highest BCUT2D eigenvalue weighted by Crippen LogP contribution is 2.39. The molecule has 21 heavy (non-hydrogen) atoms. The number of benzene rings is 1. The number of fused-ring (bicyclic) bond motifs is 1. The van der Waals surface area contributed by atoms with Gasteiger partial charge in [0, 0.05) is 25.3 Å². The summed E-state index contributed by atoms with van der Waals surface area (Å²) in [4.78, 5) is 23.2. The zero-order chi connectivity index (χ0) is 15.1. The van der Waals surface area contributed by atoms with Gasteiger partial charge in [-0.1, -0.05) is 18.2 Å². The van der Waals surface area contributed by atoms with Crippen LogP contribution in [-0.2, 0) is 11.8 Å². The van der Waals surface area contributed by atoms with Gasteiger partial charge < -0.3 is 9.67 Å². The summed E-state index contributed by atoms with van der Waals surface area (Å²) in [6.07, 6.45) is 2.64. The highest BCUT2D eigenvalue weighted by Gasteiger charge is 2.29. The molecule has 0 bridgehead atoms. The predicted molar refractivity (Wildman–Crippen MR) is 80.8 cm³/mol. The third kappa shape index (κ3) is 2.15. The first-order valence-corrected chi connectivity index (χ1v) is 7.33. The smallest absolute Gasteiger partial charge is 0.352 e. The van der Waals surface area contributed by atoms with Crippen LogP contribution in [0.25, 0.3) is 10.9 Å². The Balaban J connectivity index is 2.25. The van der Waals surface area contributed by atoms with Crippen LogP contribution in [0.4, 0.5) is 0 Å². The van der Waals surface area contributed by atoms with Gasteiger partial charge in [0.15, 0.2) is 0 Å². The Morgan fingerprint density at radius 3 is 2.57 bits per heavy atom. The number of aryl methyl sites for hydroxylation is 2. The van der Waals surface area contributed by atoms with E-state index in [0.29, 0.717) is 24.3 Å². The van der Waals surface area contributed by atoms with E-state index in [4.69, 9.17) is 0 Å². The minimum Gasteiger partial charge on any atom is -0.477 e. The molecular formula is C17H19NO3. The molecule has 1 saturated carbocycles. The van der Waals surface area contributed by atoms with Crippen molar-refractivity contribution in [2.45, 2.75) is 38.5 Å². The van der Waals surface area contributed by atoms with Gasteiger partial charge in [-0.2, -0.15) is 0 Å². The van der Waals surface area contributed by atoms with Gasteiger partial charge in [-0.05, 0) is 36.8 Å². The number of carbonyl (C=O) groups excluding carboxylic acids is 1. The van der Waals surface area contributed by atoms with E-state index in [0.717, 1.165) is 34.9 Å². The summed E-state index contributed by atoms with van der Waals surface area (Å²) in [5.74, 6) is -0.432. The Morgan fingerprint density at radius 1 is 1.29 bits per heavy atom. The molecule has 1 heterocycles. The molecule has 0 atom stereocenters. The summed E-state index contributed by atoms with van der Waals surface area (Å²) in [5, 5.41) is 10.7. The Kier molecular flexibility index (Phi) is 3.32. The molecule has 4 nitrogen and oxygen atoms in total. The van der Waals surface area contributed by atoms with Gasteiger partial charge in [0.05, 0.1) is 5.52 Å². The normalized spacial score (nSPS) is 16.6. The minimum atomic E-state index is -0.889. The maximum atomic E-state index is 11.7. The van der Waals surface area contributed by atoms with Crippen molar-refractivity contribution in [1.29, 1.82) is 0 Å². The molecule has 1 aliphatic rings. The number of carboxylic acids is 1. The van der Waals surface area contributed by atoms with Crippen molar-refractivity contribution in [2.75, 3.05) is 0 Å². The number of aromatic nitrogens is 1. The summed E-state index contributed by atoms with van der Waals surface area (Å²) in [7, 11) is 1.82. The van der Waals surface area contributed by atoms with Crippen LogP contribution in [0.2, 0.25) is 0 Å². The average Bonchev–Trinajstić information content (AvgIpc) is 2.74. The topological polar surface area (TPSA) is 59.3 Å². The van der Waals surface area contributed by atoms with E-state index >= 15 is 0 Å². The van der Waals surface area contributed by atoms with Crippen LogP contribution in [0.5, 0.6) is 0 Å². The molecule has 0 aliphatic heterocycles. The third-order valence-corrected chi connectivity index (χ3v) is 4.61. The average molecular weight is 285 g/mol. The number of ketones is 1. The van der Waals surface area contributed by atoms with Gasteiger partial charge >= 0.3 is 5.97 Å². The first-order chi connectivity index (χ1) is 10.0. The fraction of sp³-hybridized carbons (Fsp3) is 0.412. The van der Waals surface area contributed by atoms with Crippen LogP contribution < -0.4 is 0 Å². The number of Topliss-reactive ketones (excluding diaryl/α,β-unsaturated/α-hetero) is 1. The SMILES string of the molecule is Cc1cccc2c(C3CCC(=O)CC3)c(C(=O)O)n(C)c12. The van der Waals surface area contributed by atoms with Crippen LogP contribution in [0.1, 0.15) is 53.2 Å². The second-order valence-corrected chi connectivity index (χ2v) is 5.91. The molecule has 1 aromatic heterocycles. The highest BCUT2D eigenvalue weighted by molar-refractivity contribution is 6.00. The number of aromatic carboxylic acids is 1. The van der Waals surface area contributed by atoms with E-state index in [2.05, 4.69) is 0 Å². The number of carboxylic acid groups (broad SMARTS) is 1. The largest absolute Gasteiger partial charge is 0.477 e. The number of rotatable bonds is 2. The molecule has 3 rings (SSSR count). The van der Waals surface area contributed by atoms with Crippen LogP contribution in [-0.4, -0.2) is 21.4 Å². The Hall–Kier alpha value is -2.10. The molecule has 4 heteroatoms. The Labute approximate surface area is 123 Å². The number of para-hydroxylation sites is 1. The van der Waals surface area contributed by atoms with Crippen molar-refractivity contribution >= 4 is 22.7 Å². The number of hydrogen-bond acceptors (Lipinski definition) is 2. The fourth-order valence-electron chi connectivity index (χ4n) is 3.64. The third-order valence-electron chi connectivity index (χ3n) is 4.61. The van der Waals surface area contributed by atoms with Gasteiger partial charge in [-0.3, -0.25) is 4.79 Å². The quantitative estimate of drug-likeness (QED) is 0.919. The van der Waals surface area contributed by atoms with Crippen molar-refractivity contribution in [3.05, 3.63) is 35.0 Å². The van der Waals surface area contributed by atoms with Crippen molar-refractivity contribution in [3.8, 4) is 0 Å². The number of nitrogens with zero attached hydrogens (tertiary/aromatic N) is 1. The monoisotopic (exact) mass is 285 g/mol. The Bertz CT molecular complexity index is 732. The molecule has 110 valence electrons. The van der Waals surface area contributed by atoms with Gasteiger partial charge in [-0.25, -0.2) is 4.79 Å². The maximum Gasteiger partial charge on any atom is 0.352 e. The number of hydrogen-bond donors (Lipinski definition) is 1. The lowest BCUT2D eigenvalue weighted by Crippen LogP contribution is -2.16. The van der Waals surface area contributed by atoms with Crippen LogP contribution in [0.15, 0.2) is 18.2 Å². The van der Waals surface area contributed by atoms with Crippen LogP contribution >= 0.6 is 0 Å². The van der Waals surface area contributed by atoms with E-state index in [1.807, 2.05) is 32.2 Å². The molecular weight excluding hydrogens is 266 g/mol. The number of carbonyl (C=O) groups is 2. The predicted octanol–water partition coefficient (Wildman–Crippen LogP) is 3.41. The summed E-state index contributed by atoms with van der Waals surface area (Å²) < 4.78 is 1.79. The van der Waals surface area contributed by atoms with Gasteiger partial charge in [0.1, 0.15) is 11.5 Å². The van der Waals surface area contributed by atoms with E-state index in [-0.39, 0.29) is 5.92 Å². The molecule has 0 amide bonds. The van der Waals surface area contributed by atoms with Crippen molar-refractivity contribution < 1.29 is 14.7 Å². The second kappa shape index (κ2) is 5.02. The molecule has 0 saturated heterocycles. The van der Waals surface area contributed by atoms with E-state index < -0.39 is 5.97 Å². The van der Waals surface area contributed by atoms with E-state index in [9.17, 15) is 14.7 Å². The van der Waals surface area contributed by atoms with Crippen LogP contribution in [0, 0.1) is 6.92 Å². The highest BCUT2D eigenvalue weighted by atomic mass is 16.4. The van der Waals surface area contributed by atoms with Crippen molar-refractivity contribution in [3.63, 3.8) is 0 Å². The molecule has 1 aromatic carbocycles. The molecule has 0 spiro atoms. The Morgan fingerprint density at radius 2 is 1.95 bits per heavy atom. The lowest BCUT2D eigenvalue weighted by molar-refractivity contribution is -0.120. The minimum absolute atomic E-state index is 0.166. The van der Waals surface area contributed by atoms with Gasteiger partial charge in [0.2, 0.25) is 0 Å². The van der Waals surface area contributed by atoms with Gasteiger partial charge in [-0.15, -0.1) is 0 Å². The zero-order valence-electron chi connectivity index (χ0n) is 12.3. The summed E-state index contributed by atoms with van der Waals surface area (Å²) >= 11 is 0. The fourth-order valence-corrected chi connectivity index (χ4v) is 3.64. The van der Waals surface area contributed by atoms with Gasteiger partial charge in [0.25, 0.3) is 0 Å². The maximum absolute atomic E-state index is 11.7. The summed E-state index contributed by atoms with van der Waals surface area (Å²) in [6, 6.07) is 5.98. The molecule has 1 fully saturated rings. The van der Waals surface area contributed by atoms with E-state index in [1.165, 1.54) is 0 Å². The second-order valence-electron chi connectivity index (χ2n) is 5.91. The molecule has 2 aromatic rings. The first-order valence-electron chi connectivity index (χ1n) is 7.33. The standard InChI is InChI=1S/C17H19NO3/c1-10-4-3-5-13-14(11-6-8-12(19)9-7-11)16(17(20)21)18(2)15(10)13/h3-5,11H,6-9H2,1-2H3,(H,20,21).